The van der Waals surface area contributed by atoms with Crippen LogP contribution in [0.5, 0.6) is 0 Å². The first-order valence-electron chi connectivity index (χ1n) is 6.23. The summed E-state index contributed by atoms with van der Waals surface area (Å²) in [5.41, 5.74) is 3.25. The van der Waals surface area contributed by atoms with Crippen molar-refractivity contribution in [3.05, 3.63) is 36.0 Å². The fourth-order valence-electron chi connectivity index (χ4n) is 1.36. The van der Waals surface area contributed by atoms with E-state index in [2.05, 4.69) is 11.9 Å². The molecule has 4 nitrogen and oxygen atoms in total. The molecule has 0 aliphatic carbocycles. The highest BCUT2D eigenvalue weighted by Gasteiger charge is 2.09. The average molecular weight is 286 g/mol. The fraction of sp³-hybridized carbons (Fsp3) is 0.429. The molecule has 0 aliphatic rings. The number of rotatable bonds is 5. The third kappa shape index (κ3) is 5.51. The van der Waals surface area contributed by atoms with Crippen molar-refractivity contribution in [3.8, 4) is 0 Å². The number of hydrogen-bond donors (Lipinski definition) is 2. The molecule has 0 spiro atoms. The van der Waals surface area contributed by atoms with Crippen molar-refractivity contribution in [1.29, 1.82) is 0 Å². The lowest BCUT2D eigenvalue weighted by atomic mass is 10.2. The lowest BCUT2D eigenvalue weighted by molar-refractivity contribution is 0.109. The van der Waals surface area contributed by atoms with Crippen molar-refractivity contribution >= 4 is 23.0 Å². The van der Waals surface area contributed by atoms with Gasteiger partial charge in [0.25, 0.3) is 0 Å². The molecule has 0 aromatic heterocycles. The number of anilines is 2. The molecule has 0 heterocycles. The first-order valence-corrected chi connectivity index (χ1v) is 6.76. The van der Waals surface area contributed by atoms with Crippen molar-refractivity contribution in [2.75, 3.05) is 30.5 Å². The molecule has 0 atom stereocenters. The topological polar surface area (TPSA) is 38.7 Å². The van der Waals surface area contributed by atoms with Crippen molar-refractivity contribution in [1.82, 2.24) is 5.01 Å². The maximum atomic E-state index is 9.88. The van der Waals surface area contributed by atoms with E-state index in [1.165, 1.54) is 0 Å². The van der Waals surface area contributed by atoms with E-state index in [4.69, 9.17) is 11.6 Å². The van der Waals surface area contributed by atoms with Crippen LogP contribution in [-0.2, 0) is 0 Å². The molecule has 0 fully saturated rings. The number of aryl methyl sites for hydroxylation is 1. The van der Waals surface area contributed by atoms with Gasteiger partial charge in [0.05, 0.1) is 11.6 Å². The van der Waals surface area contributed by atoms with Gasteiger partial charge in [0.2, 0.25) is 0 Å². The molecule has 5 heteroatoms. The van der Waals surface area contributed by atoms with Gasteiger partial charge in [-0.25, -0.2) is 5.01 Å². The molecule has 0 amide bonds. The minimum atomic E-state index is 0.347. The predicted octanol–water partition coefficient (Wildman–Crippen LogP) is 3.86. The van der Waals surface area contributed by atoms with Gasteiger partial charge in [-0.15, -0.1) is 11.6 Å². The zero-order valence-electron chi connectivity index (χ0n) is 12.4. The number of nitrogens with zero attached hydrogens (tertiary/aromatic N) is 2. The van der Waals surface area contributed by atoms with Crippen LogP contribution in [0.2, 0.25) is 0 Å². The number of allylic oxidation sites excluding steroid dienone is 1. The molecular weight excluding hydrogens is 262 g/mol. The summed E-state index contributed by atoms with van der Waals surface area (Å²) in [5.74, 6) is 0.347. The highest BCUT2D eigenvalue weighted by Crippen LogP contribution is 2.24. The molecule has 0 saturated heterocycles. The van der Waals surface area contributed by atoms with Crippen LogP contribution in [0.25, 0.3) is 0 Å². The molecule has 1 rings (SSSR count). The Morgan fingerprint density at radius 2 is 1.95 bits per heavy atom. The largest absolute Gasteiger partial charge is 0.358 e. The van der Waals surface area contributed by atoms with E-state index < -0.39 is 0 Å². The van der Waals surface area contributed by atoms with E-state index in [0.717, 1.165) is 22.1 Å². The Morgan fingerprint density at radius 3 is 2.42 bits per heavy atom. The van der Waals surface area contributed by atoms with E-state index in [0.29, 0.717) is 11.6 Å². The van der Waals surface area contributed by atoms with Crippen LogP contribution in [0.3, 0.4) is 0 Å². The zero-order valence-corrected chi connectivity index (χ0v) is 13.1. The minimum absolute atomic E-state index is 0.347. The molecule has 0 aliphatic heterocycles. The van der Waals surface area contributed by atoms with Crippen LogP contribution in [0.4, 0.5) is 11.4 Å². The standard InChI is InChI=1S/C12H18ClN3O.C2H6/c1-9-5-6-11(14-10(2)8-13)7-12(9)16(17)15(3)4;1-2/h5-7,14,17H,2,8H2,1,3-4H3;1-2H3. The maximum Gasteiger partial charge on any atom is 0.0872 e. The lowest BCUT2D eigenvalue weighted by Gasteiger charge is -2.25. The highest BCUT2D eigenvalue weighted by atomic mass is 35.5. The van der Waals surface area contributed by atoms with Gasteiger partial charge in [-0.3, -0.25) is 5.21 Å². The normalized spacial score (nSPS) is 9.68. The smallest absolute Gasteiger partial charge is 0.0872 e. The van der Waals surface area contributed by atoms with E-state index in [9.17, 15) is 5.21 Å². The van der Waals surface area contributed by atoms with E-state index in [-0.39, 0.29) is 0 Å². The van der Waals surface area contributed by atoms with Crippen molar-refractivity contribution in [2.45, 2.75) is 20.8 Å². The fourth-order valence-corrected chi connectivity index (χ4v) is 1.42. The molecule has 108 valence electrons. The zero-order chi connectivity index (χ0) is 15.0. The summed E-state index contributed by atoms with van der Waals surface area (Å²) in [6, 6.07) is 5.68. The number of hydrazine groups is 1. The van der Waals surface area contributed by atoms with Gasteiger partial charge >= 0.3 is 0 Å². The summed E-state index contributed by atoms with van der Waals surface area (Å²) in [7, 11) is 3.52. The van der Waals surface area contributed by atoms with Gasteiger partial charge in [-0.2, -0.15) is 5.17 Å². The molecule has 1 aromatic rings. The van der Waals surface area contributed by atoms with Gasteiger partial charge in [0, 0.05) is 25.5 Å². The van der Waals surface area contributed by atoms with Crippen molar-refractivity contribution in [2.24, 2.45) is 0 Å². The Bertz CT molecular complexity index is 408. The predicted molar refractivity (Wildman–Crippen MR) is 84.0 cm³/mol. The Hall–Kier alpha value is -1.23. The molecule has 0 saturated carbocycles. The Balaban J connectivity index is 0.00000154. The van der Waals surface area contributed by atoms with Crippen molar-refractivity contribution in [3.63, 3.8) is 0 Å². The van der Waals surface area contributed by atoms with Gasteiger partial charge in [0.1, 0.15) is 0 Å². The molecule has 19 heavy (non-hydrogen) atoms. The van der Waals surface area contributed by atoms with Crippen LogP contribution in [0.15, 0.2) is 30.5 Å². The Labute approximate surface area is 121 Å². The first-order chi connectivity index (χ1) is 8.95. The van der Waals surface area contributed by atoms with Crippen LogP contribution in [0.1, 0.15) is 19.4 Å². The third-order valence-electron chi connectivity index (χ3n) is 2.29. The minimum Gasteiger partial charge on any atom is -0.358 e. The second kappa shape index (κ2) is 8.80. The third-order valence-corrected chi connectivity index (χ3v) is 2.61. The second-order valence-electron chi connectivity index (χ2n) is 4.00. The summed E-state index contributed by atoms with van der Waals surface area (Å²) in [6.45, 7) is 9.70. The lowest BCUT2D eigenvalue weighted by Crippen LogP contribution is -2.34. The Kier molecular flexibility index (Phi) is 8.23. The monoisotopic (exact) mass is 285 g/mol. The van der Waals surface area contributed by atoms with Gasteiger partial charge < -0.3 is 5.32 Å². The van der Waals surface area contributed by atoms with E-state index in [1.54, 1.807) is 19.1 Å². The summed E-state index contributed by atoms with van der Waals surface area (Å²) in [4.78, 5) is 0. The first kappa shape index (κ1) is 17.8. The summed E-state index contributed by atoms with van der Waals surface area (Å²) >= 11 is 5.66. The summed E-state index contributed by atoms with van der Waals surface area (Å²) < 4.78 is 0. The molecular formula is C14H24ClN3O. The average Bonchev–Trinajstić information content (AvgIpc) is 2.42. The summed E-state index contributed by atoms with van der Waals surface area (Å²) in [6.07, 6.45) is 0. The van der Waals surface area contributed by atoms with Gasteiger partial charge in [0.15, 0.2) is 0 Å². The maximum absolute atomic E-state index is 9.88. The molecule has 1 aromatic carbocycles. The van der Waals surface area contributed by atoms with Gasteiger partial charge in [-0.05, 0) is 24.6 Å². The number of nitrogens with one attached hydrogen (secondary N) is 1. The van der Waals surface area contributed by atoms with Crippen LogP contribution in [0, 0.1) is 6.92 Å². The van der Waals surface area contributed by atoms with E-state index >= 15 is 0 Å². The van der Waals surface area contributed by atoms with E-state index in [1.807, 2.05) is 39.0 Å². The van der Waals surface area contributed by atoms with Crippen LogP contribution < -0.4 is 10.5 Å². The number of alkyl halides is 1. The highest BCUT2D eigenvalue weighted by molar-refractivity contribution is 6.19. The van der Waals surface area contributed by atoms with Crippen LogP contribution in [-0.4, -0.2) is 30.2 Å². The van der Waals surface area contributed by atoms with Gasteiger partial charge in [-0.1, -0.05) is 26.5 Å². The number of hydrogen-bond acceptors (Lipinski definition) is 4. The number of benzene rings is 1. The SMILES string of the molecule is C=C(CCl)Nc1ccc(C)c(N(O)N(C)C)c1.CC. The van der Waals surface area contributed by atoms with Crippen molar-refractivity contribution < 1.29 is 5.21 Å². The molecule has 0 bridgehead atoms. The Morgan fingerprint density at radius 1 is 1.37 bits per heavy atom. The molecule has 0 radical (unpaired) electrons. The second-order valence-corrected chi connectivity index (χ2v) is 4.27. The quantitative estimate of drug-likeness (QED) is 0.636. The summed E-state index contributed by atoms with van der Waals surface area (Å²) in [5, 5.41) is 15.6. The molecule has 0 unspecified atom stereocenters. The molecule has 2 N–H and O–H groups in total. The number of halogens is 1. The van der Waals surface area contributed by atoms with Crippen LogP contribution >= 0.6 is 11.6 Å².